The van der Waals surface area contributed by atoms with Gasteiger partial charge < -0.3 is 19.3 Å². The molecule has 0 N–H and O–H groups in total. The normalized spacial score (nSPS) is 15.8. The van der Waals surface area contributed by atoms with Gasteiger partial charge in [-0.05, 0) is 24.6 Å². The average molecular weight is 434 g/mol. The van der Waals surface area contributed by atoms with Gasteiger partial charge in [0.2, 0.25) is 5.95 Å². The fourth-order valence-corrected chi connectivity index (χ4v) is 4.29. The first-order valence-corrected chi connectivity index (χ1v) is 11.1. The molecule has 3 heterocycles. The van der Waals surface area contributed by atoms with Crippen molar-refractivity contribution in [3.8, 4) is 11.5 Å². The Morgan fingerprint density at radius 2 is 1.69 bits per heavy atom. The molecule has 2 aliphatic heterocycles. The van der Waals surface area contributed by atoms with Crippen molar-refractivity contribution in [1.82, 2.24) is 14.5 Å². The van der Waals surface area contributed by atoms with Crippen molar-refractivity contribution in [1.29, 1.82) is 0 Å². The first-order chi connectivity index (χ1) is 15.7. The number of nitrogens with zero attached hydrogens (tertiary/aromatic N) is 4. The van der Waals surface area contributed by atoms with Crippen LogP contribution in [0.5, 0.6) is 11.5 Å². The number of hydrogen-bond donors (Lipinski definition) is 0. The molecule has 2 aliphatic rings. The van der Waals surface area contributed by atoms with Crippen molar-refractivity contribution >= 4 is 22.8 Å². The third-order valence-corrected chi connectivity index (χ3v) is 5.92. The van der Waals surface area contributed by atoms with Crippen molar-refractivity contribution in [3.63, 3.8) is 0 Å². The van der Waals surface area contributed by atoms with Gasteiger partial charge in [-0.25, -0.2) is 4.98 Å². The molecule has 0 aliphatic carbocycles. The van der Waals surface area contributed by atoms with E-state index < -0.39 is 0 Å². The van der Waals surface area contributed by atoms with Gasteiger partial charge in [0.1, 0.15) is 13.2 Å². The second kappa shape index (κ2) is 8.53. The molecule has 0 saturated carbocycles. The van der Waals surface area contributed by atoms with Gasteiger partial charge in [-0.2, -0.15) is 0 Å². The van der Waals surface area contributed by atoms with E-state index in [-0.39, 0.29) is 11.5 Å². The molecular weight excluding hydrogens is 408 g/mol. The second-order valence-corrected chi connectivity index (χ2v) is 8.03. The standard InChI is InChI=1S/C24H26N4O4/c1-2-8-28-23(30)18-15-20-21(32-14-13-31-20)16-19(18)25-24(28)27-11-9-26(10-12-27)22(29)17-6-4-3-5-7-17/h3-7,15-16H,2,8-14H2,1H3. The first-order valence-electron chi connectivity index (χ1n) is 11.1. The molecule has 8 heteroatoms. The predicted molar refractivity (Wildman–Crippen MR) is 122 cm³/mol. The highest BCUT2D eigenvalue weighted by Crippen LogP contribution is 2.33. The average Bonchev–Trinajstić information content (AvgIpc) is 2.85. The molecule has 8 nitrogen and oxygen atoms in total. The van der Waals surface area contributed by atoms with Crippen molar-refractivity contribution in [3.05, 3.63) is 58.4 Å². The molecule has 0 radical (unpaired) electrons. The number of amides is 1. The minimum atomic E-state index is -0.0772. The molecule has 0 spiro atoms. The summed E-state index contributed by atoms with van der Waals surface area (Å²) in [5, 5.41) is 0.532. The maximum atomic E-state index is 13.4. The lowest BCUT2D eigenvalue weighted by molar-refractivity contribution is 0.0746. The third kappa shape index (κ3) is 3.66. The van der Waals surface area contributed by atoms with Crippen LogP contribution in [-0.4, -0.2) is 59.8 Å². The van der Waals surface area contributed by atoms with E-state index in [1.807, 2.05) is 42.2 Å². The highest BCUT2D eigenvalue weighted by atomic mass is 16.6. The Bertz CT molecular complexity index is 1200. The first kappa shape index (κ1) is 20.4. The molecule has 5 rings (SSSR count). The van der Waals surface area contributed by atoms with Crippen LogP contribution in [0.1, 0.15) is 23.7 Å². The number of ether oxygens (including phenoxy) is 2. The number of piperazine rings is 1. The van der Waals surface area contributed by atoms with E-state index in [4.69, 9.17) is 14.5 Å². The Kier molecular flexibility index (Phi) is 5.43. The van der Waals surface area contributed by atoms with Crippen LogP contribution in [0.4, 0.5) is 5.95 Å². The molecule has 0 unspecified atom stereocenters. The fraction of sp³-hybridized carbons (Fsp3) is 0.375. The van der Waals surface area contributed by atoms with E-state index in [9.17, 15) is 9.59 Å². The monoisotopic (exact) mass is 434 g/mol. The number of fused-ring (bicyclic) bond motifs is 2. The summed E-state index contributed by atoms with van der Waals surface area (Å²) in [6.45, 7) is 5.96. The lowest BCUT2D eigenvalue weighted by Gasteiger charge is -2.36. The Hall–Kier alpha value is -3.55. The van der Waals surface area contributed by atoms with Gasteiger partial charge >= 0.3 is 0 Å². The zero-order valence-electron chi connectivity index (χ0n) is 18.1. The topological polar surface area (TPSA) is 76.9 Å². The third-order valence-electron chi connectivity index (χ3n) is 5.92. The Labute approximate surface area is 186 Å². The van der Waals surface area contributed by atoms with Crippen molar-refractivity contribution in [2.75, 3.05) is 44.3 Å². The van der Waals surface area contributed by atoms with Crippen LogP contribution in [0.15, 0.2) is 47.3 Å². The van der Waals surface area contributed by atoms with E-state index >= 15 is 0 Å². The Balaban J connectivity index is 1.45. The predicted octanol–water partition coefficient (Wildman–Crippen LogP) is 2.54. The molecular formula is C24H26N4O4. The van der Waals surface area contributed by atoms with Gasteiger partial charge in [0, 0.05) is 44.4 Å². The summed E-state index contributed by atoms with van der Waals surface area (Å²) in [6, 6.07) is 12.9. The van der Waals surface area contributed by atoms with Crippen LogP contribution < -0.4 is 19.9 Å². The van der Waals surface area contributed by atoms with Crippen LogP contribution >= 0.6 is 0 Å². The molecule has 0 bridgehead atoms. The summed E-state index contributed by atoms with van der Waals surface area (Å²) in [4.78, 5) is 35.0. The van der Waals surface area contributed by atoms with Crippen LogP contribution in [0.25, 0.3) is 10.9 Å². The lowest BCUT2D eigenvalue weighted by Crippen LogP contribution is -2.50. The lowest BCUT2D eigenvalue weighted by atomic mass is 10.2. The largest absolute Gasteiger partial charge is 0.486 e. The molecule has 166 valence electrons. The molecule has 3 aromatic rings. The smallest absolute Gasteiger partial charge is 0.262 e. The molecule has 0 atom stereocenters. The number of benzene rings is 2. The fourth-order valence-electron chi connectivity index (χ4n) is 4.29. The molecule has 1 aromatic heterocycles. The van der Waals surface area contributed by atoms with Crippen LogP contribution in [0.3, 0.4) is 0 Å². The number of carbonyl (C=O) groups is 1. The second-order valence-electron chi connectivity index (χ2n) is 8.03. The maximum absolute atomic E-state index is 13.4. The molecule has 1 fully saturated rings. The minimum absolute atomic E-state index is 0.0337. The number of anilines is 1. The zero-order valence-corrected chi connectivity index (χ0v) is 18.1. The molecule has 2 aromatic carbocycles. The molecule has 32 heavy (non-hydrogen) atoms. The van der Waals surface area contributed by atoms with Crippen LogP contribution in [-0.2, 0) is 6.54 Å². The van der Waals surface area contributed by atoms with Gasteiger partial charge in [-0.1, -0.05) is 25.1 Å². The zero-order chi connectivity index (χ0) is 22.1. The maximum Gasteiger partial charge on any atom is 0.262 e. The van der Waals surface area contributed by atoms with Gasteiger partial charge in [0.15, 0.2) is 11.5 Å². The highest BCUT2D eigenvalue weighted by molar-refractivity contribution is 5.94. The minimum Gasteiger partial charge on any atom is -0.486 e. The van der Waals surface area contributed by atoms with Gasteiger partial charge in [0.05, 0.1) is 10.9 Å². The van der Waals surface area contributed by atoms with E-state index in [1.165, 1.54) is 0 Å². The summed E-state index contributed by atoms with van der Waals surface area (Å²) >= 11 is 0. The number of hydrogen-bond acceptors (Lipinski definition) is 6. The summed E-state index contributed by atoms with van der Waals surface area (Å²) in [5.41, 5.74) is 1.22. The summed E-state index contributed by atoms with van der Waals surface area (Å²) in [5.74, 6) is 1.89. The SMILES string of the molecule is CCCn1c(N2CCN(C(=O)c3ccccc3)CC2)nc2cc3c(cc2c1=O)OCCO3. The Morgan fingerprint density at radius 3 is 2.38 bits per heavy atom. The van der Waals surface area contributed by atoms with E-state index in [0.717, 1.165) is 6.42 Å². The summed E-state index contributed by atoms with van der Waals surface area (Å²) in [7, 11) is 0. The van der Waals surface area contributed by atoms with Gasteiger partial charge in [-0.3, -0.25) is 14.2 Å². The van der Waals surface area contributed by atoms with E-state index in [2.05, 4.69) is 4.90 Å². The Morgan fingerprint density at radius 1 is 1.00 bits per heavy atom. The number of aromatic nitrogens is 2. The quantitative estimate of drug-likeness (QED) is 0.628. The van der Waals surface area contributed by atoms with Gasteiger partial charge in [0.25, 0.3) is 11.5 Å². The van der Waals surface area contributed by atoms with Crippen LogP contribution in [0.2, 0.25) is 0 Å². The van der Waals surface area contributed by atoms with Crippen molar-refractivity contribution in [2.45, 2.75) is 19.9 Å². The van der Waals surface area contributed by atoms with E-state index in [1.54, 1.807) is 16.7 Å². The van der Waals surface area contributed by atoms with Gasteiger partial charge in [-0.15, -0.1) is 0 Å². The number of carbonyl (C=O) groups excluding carboxylic acids is 1. The van der Waals surface area contributed by atoms with Crippen LogP contribution in [0, 0.1) is 0 Å². The van der Waals surface area contributed by atoms with Crippen molar-refractivity contribution in [2.24, 2.45) is 0 Å². The molecule has 1 saturated heterocycles. The van der Waals surface area contributed by atoms with Crippen molar-refractivity contribution < 1.29 is 14.3 Å². The summed E-state index contributed by atoms with van der Waals surface area (Å²) in [6.07, 6.45) is 0.817. The molecule has 1 amide bonds. The van der Waals surface area contributed by atoms with E-state index in [0.29, 0.717) is 79.9 Å². The summed E-state index contributed by atoms with van der Waals surface area (Å²) < 4.78 is 13.1. The number of rotatable bonds is 4. The highest BCUT2D eigenvalue weighted by Gasteiger charge is 2.26.